The Balaban J connectivity index is 2.09. The maximum atomic E-state index is 13.1. The van der Waals surface area contributed by atoms with E-state index in [4.69, 9.17) is 0 Å². The molecule has 1 unspecified atom stereocenters. The molecule has 1 aliphatic rings. The maximum Gasteiger partial charge on any atom is 0.419 e. The van der Waals surface area contributed by atoms with Crippen molar-refractivity contribution in [2.75, 3.05) is 11.9 Å². The van der Waals surface area contributed by atoms with Crippen molar-refractivity contribution < 1.29 is 27.2 Å². The summed E-state index contributed by atoms with van der Waals surface area (Å²) in [4.78, 5) is 22.9. The zero-order valence-electron chi connectivity index (χ0n) is 10.8. The summed E-state index contributed by atoms with van der Waals surface area (Å²) in [6.45, 7) is 0.137. The molecule has 0 aliphatic carbocycles. The SMILES string of the molecule is O=C1CCC(C(=O)Nc2ccc(F)c(C(F)(F)F)c2)CN1. The molecule has 1 fully saturated rings. The Kier molecular flexibility index (Phi) is 4.15. The lowest BCUT2D eigenvalue weighted by Gasteiger charge is -2.21. The van der Waals surface area contributed by atoms with Crippen LogP contribution in [-0.2, 0) is 15.8 Å². The Labute approximate surface area is 117 Å². The van der Waals surface area contributed by atoms with Gasteiger partial charge in [0.2, 0.25) is 11.8 Å². The topological polar surface area (TPSA) is 58.2 Å². The van der Waals surface area contributed by atoms with Crippen molar-refractivity contribution in [3.8, 4) is 0 Å². The number of carbonyl (C=O) groups is 2. The average Bonchev–Trinajstić information content (AvgIpc) is 2.40. The Bertz CT molecular complexity index is 562. The fourth-order valence-electron chi connectivity index (χ4n) is 2.02. The summed E-state index contributed by atoms with van der Waals surface area (Å²) in [6, 6.07) is 2.26. The fourth-order valence-corrected chi connectivity index (χ4v) is 2.02. The van der Waals surface area contributed by atoms with Crippen LogP contribution in [0.4, 0.5) is 23.2 Å². The number of hydrogen-bond acceptors (Lipinski definition) is 2. The van der Waals surface area contributed by atoms with E-state index in [1.807, 2.05) is 0 Å². The Hall–Kier alpha value is -2.12. The van der Waals surface area contributed by atoms with Gasteiger partial charge in [-0.3, -0.25) is 9.59 Å². The fraction of sp³-hybridized carbons (Fsp3) is 0.385. The first-order valence-corrected chi connectivity index (χ1v) is 6.21. The summed E-state index contributed by atoms with van der Waals surface area (Å²) >= 11 is 0. The average molecular weight is 304 g/mol. The molecule has 2 N–H and O–H groups in total. The summed E-state index contributed by atoms with van der Waals surface area (Å²) in [7, 11) is 0. The summed E-state index contributed by atoms with van der Waals surface area (Å²) in [5.41, 5.74) is -1.57. The molecule has 0 bridgehead atoms. The minimum Gasteiger partial charge on any atom is -0.355 e. The van der Waals surface area contributed by atoms with Gasteiger partial charge < -0.3 is 10.6 Å². The van der Waals surface area contributed by atoms with Crippen molar-refractivity contribution in [2.24, 2.45) is 5.92 Å². The van der Waals surface area contributed by atoms with Gasteiger partial charge in [-0.2, -0.15) is 13.2 Å². The third-order valence-electron chi connectivity index (χ3n) is 3.18. The van der Waals surface area contributed by atoms with E-state index < -0.39 is 29.4 Å². The molecular weight excluding hydrogens is 292 g/mol. The molecule has 114 valence electrons. The Morgan fingerprint density at radius 2 is 2.05 bits per heavy atom. The lowest BCUT2D eigenvalue weighted by atomic mass is 9.98. The maximum absolute atomic E-state index is 13.1. The molecule has 0 saturated carbocycles. The van der Waals surface area contributed by atoms with Gasteiger partial charge in [0.15, 0.2) is 0 Å². The number of carbonyl (C=O) groups excluding carboxylic acids is 2. The second kappa shape index (κ2) is 5.71. The zero-order valence-corrected chi connectivity index (χ0v) is 10.8. The van der Waals surface area contributed by atoms with Crippen LogP contribution in [0, 0.1) is 11.7 Å². The number of benzene rings is 1. The molecule has 1 aliphatic heterocycles. The number of piperidine rings is 1. The summed E-state index contributed by atoms with van der Waals surface area (Å²) in [6.07, 6.45) is -4.32. The largest absolute Gasteiger partial charge is 0.419 e. The van der Waals surface area contributed by atoms with Gasteiger partial charge in [0.25, 0.3) is 0 Å². The predicted octanol–water partition coefficient (Wildman–Crippen LogP) is 2.31. The molecule has 4 nitrogen and oxygen atoms in total. The molecule has 8 heteroatoms. The molecule has 1 aromatic rings. The van der Waals surface area contributed by atoms with Crippen molar-refractivity contribution in [1.82, 2.24) is 5.32 Å². The molecule has 21 heavy (non-hydrogen) atoms. The van der Waals surface area contributed by atoms with Crippen LogP contribution in [0.2, 0.25) is 0 Å². The molecule has 0 aromatic heterocycles. The first-order valence-electron chi connectivity index (χ1n) is 6.21. The van der Waals surface area contributed by atoms with Crippen LogP contribution < -0.4 is 10.6 Å². The van der Waals surface area contributed by atoms with Crippen molar-refractivity contribution in [3.63, 3.8) is 0 Å². The van der Waals surface area contributed by atoms with Gasteiger partial charge >= 0.3 is 6.18 Å². The number of nitrogens with one attached hydrogen (secondary N) is 2. The van der Waals surface area contributed by atoms with Crippen LogP contribution in [-0.4, -0.2) is 18.4 Å². The monoisotopic (exact) mass is 304 g/mol. The Morgan fingerprint density at radius 3 is 2.62 bits per heavy atom. The lowest BCUT2D eigenvalue weighted by molar-refractivity contribution is -0.140. The van der Waals surface area contributed by atoms with Crippen LogP contribution in [0.5, 0.6) is 0 Å². The molecule has 0 spiro atoms. The predicted molar refractivity (Wildman–Crippen MR) is 65.8 cm³/mol. The summed E-state index contributed by atoms with van der Waals surface area (Å²) in [5.74, 6) is -2.58. The highest BCUT2D eigenvalue weighted by Gasteiger charge is 2.34. The molecule has 0 radical (unpaired) electrons. The second-order valence-corrected chi connectivity index (χ2v) is 4.72. The number of halogens is 4. The van der Waals surface area contributed by atoms with Crippen molar-refractivity contribution in [3.05, 3.63) is 29.6 Å². The minimum atomic E-state index is -4.83. The number of amides is 2. The van der Waals surface area contributed by atoms with Crippen LogP contribution in [0.25, 0.3) is 0 Å². The quantitative estimate of drug-likeness (QED) is 0.824. The number of alkyl halides is 3. The second-order valence-electron chi connectivity index (χ2n) is 4.72. The molecule has 1 aromatic carbocycles. The van der Waals surface area contributed by atoms with Crippen LogP contribution in [0.1, 0.15) is 18.4 Å². The highest BCUT2D eigenvalue weighted by Crippen LogP contribution is 2.33. The van der Waals surface area contributed by atoms with Gasteiger partial charge in [-0.05, 0) is 24.6 Å². The van der Waals surface area contributed by atoms with Crippen LogP contribution in [0.3, 0.4) is 0 Å². The molecule has 2 rings (SSSR count). The number of anilines is 1. The van der Waals surface area contributed by atoms with Crippen LogP contribution in [0.15, 0.2) is 18.2 Å². The number of rotatable bonds is 2. The van der Waals surface area contributed by atoms with Gasteiger partial charge in [-0.25, -0.2) is 4.39 Å². The molecular formula is C13H12F4N2O2. The normalized spacial score (nSPS) is 19.0. The first kappa shape index (κ1) is 15.3. The highest BCUT2D eigenvalue weighted by molar-refractivity contribution is 5.94. The summed E-state index contributed by atoms with van der Waals surface area (Å²) < 4.78 is 50.8. The Morgan fingerprint density at radius 1 is 1.33 bits per heavy atom. The summed E-state index contributed by atoms with van der Waals surface area (Å²) in [5, 5.41) is 4.81. The van der Waals surface area contributed by atoms with Gasteiger partial charge in [-0.1, -0.05) is 0 Å². The van der Waals surface area contributed by atoms with E-state index in [-0.39, 0.29) is 24.6 Å². The zero-order chi connectivity index (χ0) is 15.6. The van der Waals surface area contributed by atoms with Crippen molar-refractivity contribution in [2.45, 2.75) is 19.0 Å². The highest BCUT2D eigenvalue weighted by atomic mass is 19.4. The number of hydrogen-bond donors (Lipinski definition) is 2. The van der Waals surface area contributed by atoms with Gasteiger partial charge in [0.1, 0.15) is 5.82 Å². The first-order chi connectivity index (χ1) is 9.77. The van der Waals surface area contributed by atoms with Gasteiger partial charge in [0, 0.05) is 18.7 Å². The van der Waals surface area contributed by atoms with Crippen molar-refractivity contribution in [1.29, 1.82) is 0 Å². The molecule has 1 saturated heterocycles. The van der Waals surface area contributed by atoms with Crippen LogP contribution >= 0.6 is 0 Å². The lowest BCUT2D eigenvalue weighted by Crippen LogP contribution is -2.40. The molecule has 2 amide bonds. The van der Waals surface area contributed by atoms with Gasteiger partial charge in [0.05, 0.1) is 11.5 Å². The minimum absolute atomic E-state index is 0.134. The smallest absolute Gasteiger partial charge is 0.355 e. The third kappa shape index (κ3) is 3.71. The van der Waals surface area contributed by atoms with E-state index in [1.165, 1.54) is 0 Å². The van der Waals surface area contributed by atoms with E-state index in [9.17, 15) is 27.2 Å². The van der Waals surface area contributed by atoms with E-state index in [0.29, 0.717) is 18.6 Å². The standard InChI is InChI=1S/C13H12F4N2O2/c14-10-3-2-8(5-9(10)13(15,16)17)19-12(21)7-1-4-11(20)18-6-7/h2-3,5,7H,1,4,6H2,(H,18,20)(H,19,21). The molecule has 1 heterocycles. The van der Waals surface area contributed by atoms with E-state index in [0.717, 1.165) is 6.07 Å². The van der Waals surface area contributed by atoms with E-state index in [1.54, 1.807) is 0 Å². The third-order valence-corrected chi connectivity index (χ3v) is 3.18. The molecule has 1 atom stereocenters. The van der Waals surface area contributed by atoms with Crippen molar-refractivity contribution >= 4 is 17.5 Å². The van der Waals surface area contributed by atoms with E-state index >= 15 is 0 Å². The van der Waals surface area contributed by atoms with Gasteiger partial charge in [-0.15, -0.1) is 0 Å². The van der Waals surface area contributed by atoms with E-state index in [2.05, 4.69) is 10.6 Å².